The van der Waals surface area contributed by atoms with E-state index in [0.717, 1.165) is 37.3 Å². The van der Waals surface area contributed by atoms with Gasteiger partial charge in [0, 0.05) is 11.7 Å². The van der Waals surface area contributed by atoms with Gasteiger partial charge in [-0.2, -0.15) is 0 Å². The Balaban J connectivity index is 1.57. The summed E-state index contributed by atoms with van der Waals surface area (Å²) in [4.78, 5) is 12.5. The van der Waals surface area contributed by atoms with E-state index >= 15 is 0 Å². The third-order valence-electron chi connectivity index (χ3n) is 4.97. The number of fused-ring (bicyclic) bond motifs is 1. The van der Waals surface area contributed by atoms with Crippen LogP contribution in [0.2, 0.25) is 0 Å². The average molecular weight is 286 g/mol. The minimum Gasteiger partial charge on any atom is -0.373 e. The molecule has 0 bridgehead atoms. The van der Waals surface area contributed by atoms with Gasteiger partial charge in [0.25, 0.3) is 0 Å². The van der Waals surface area contributed by atoms with E-state index in [1.807, 2.05) is 6.07 Å². The number of amides is 1. The van der Waals surface area contributed by atoms with Crippen molar-refractivity contribution in [2.24, 2.45) is 5.92 Å². The summed E-state index contributed by atoms with van der Waals surface area (Å²) in [6.07, 6.45) is 7.95. The fraction of sp³-hybridized carbons (Fsp3) is 0.611. The Bertz CT molecular complexity index is 500. The monoisotopic (exact) mass is 286 g/mol. The summed E-state index contributed by atoms with van der Waals surface area (Å²) in [5.74, 6) is 0.996. The van der Waals surface area contributed by atoms with Gasteiger partial charge in [0.15, 0.2) is 0 Å². The van der Waals surface area contributed by atoms with Crippen LogP contribution in [0, 0.1) is 5.92 Å². The maximum atomic E-state index is 12.5. The van der Waals surface area contributed by atoms with E-state index in [1.54, 1.807) is 0 Å². The molecule has 0 saturated heterocycles. The van der Waals surface area contributed by atoms with Crippen molar-refractivity contribution in [3.05, 3.63) is 29.8 Å². The Kier molecular flexibility index (Phi) is 4.47. The van der Waals surface area contributed by atoms with Gasteiger partial charge in [-0.05, 0) is 49.7 Å². The molecule has 114 valence electrons. The van der Waals surface area contributed by atoms with Crippen LogP contribution in [0.25, 0.3) is 0 Å². The normalized spacial score (nSPS) is 28.9. The van der Waals surface area contributed by atoms with Gasteiger partial charge < -0.3 is 10.6 Å². The molecular formula is C18H26N2O. The van der Waals surface area contributed by atoms with Crippen molar-refractivity contribution in [1.29, 1.82) is 0 Å². The third kappa shape index (κ3) is 3.58. The van der Waals surface area contributed by atoms with Gasteiger partial charge in [-0.15, -0.1) is 0 Å². The highest BCUT2D eigenvalue weighted by Gasteiger charge is 2.26. The molecule has 1 saturated carbocycles. The van der Waals surface area contributed by atoms with Crippen LogP contribution in [0.4, 0.5) is 5.69 Å². The number of hydrogen-bond acceptors (Lipinski definition) is 2. The molecule has 21 heavy (non-hydrogen) atoms. The molecule has 1 aliphatic carbocycles. The molecule has 1 fully saturated rings. The van der Waals surface area contributed by atoms with E-state index in [-0.39, 0.29) is 11.9 Å². The van der Waals surface area contributed by atoms with E-state index in [2.05, 4.69) is 35.8 Å². The Morgan fingerprint density at radius 1 is 1.14 bits per heavy atom. The number of para-hydroxylation sites is 1. The Hall–Kier alpha value is -1.51. The van der Waals surface area contributed by atoms with E-state index in [4.69, 9.17) is 0 Å². The zero-order valence-corrected chi connectivity index (χ0v) is 12.9. The van der Waals surface area contributed by atoms with Gasteiger partial charge in [-0.3, -0.25) is 4.79 Å². The SMILES string of the molecule is CC1CCCC(NC(=O)C2CCc3ccccc3N2)CC1. The molecular weight excluding hydrogens is 260 g/mol. The van der Waals surface area contributed by atoms with Crippen LogP contribution in [0.3, 0.4) is 0 Å². The van der Waals surface area contributed by atoms with Gasteiger partial charge in [0.1, 0.15) is 6.04 Å². The number of hydrogen-bond donors (Lipinski definition) is 2. The zero-order valence-electron chi connectivity index (χ0n) is 12.9. The summed E-state index contributed by atoms with van der Waals surface area (Å²) in [5.41, 5.74) is 2.45. The highest BCUT2D eigenvalue weighted by atomic mass is 16.2. The van der Waals surface area contributed by atoms with Crippen LogP contribution in [-0.4, -0.2) is 18.0 Å². The number of anilines is 1. The van der Waals surface area contributed by atoms with Crippen LogP contribution in [0.1, 0.15) is 51.0 Å². The molecule has 1 aliphatic heterocycles. The molecule has 1 aromatic rings. The molecule has 0 radical (unpaired) electrons. The fourth-order valence-electron chi connectivity index (χ4n) is 3.57. The summed E-state index contributed by atoms with van der Waals surface area (Å²) >= 11 is 0. The van der Waals surface area contributed by atoms with Crippen molar-refractivity contribution in [3.8, 4) is 0 Å². The number of rotatable bonds is 2. The summed E-state index contributed by atoms with van der Waals surface area (Å²) in [6, 6.07) is 8.61. The molecule has 0 spiro atoms. The summed E-state index contributed by atoms with van der Waals surface area (Å²) < 4.78 is 0. The predicted octanol–water partition coefficient (Wildman–Crippen LogP) is 3.50. The van der Waals surface area contributed by atoms with E-state index in [0.29, 0.717) is 6.04 Å². The second-order valence-corrected chi connectivity index (χ2v) is 6.71. The Labute approximate surface area is 127 Å². The molecule has 0 aromatic heterocycles. The fourth-order valence-corrected chi connectivity index (χ4v) is 3.57. The van der Waals surface area contributed by atoms with Gasteiger partial charge in [0.2, 0.25) is 5.91 Å². The van der Waals surface area contributed by atoms with Crippen molar-refractivity contribution < 1.29 is 4.79 Å². The lowest BCUT2D eigenvalue weighted by Crippen LogP contribution is -2.46. The quantitative estimate of drug-likeness (QED) is 0.817. The van der Waals surface area contributed by atoms with Crippen molar-refractivity contribution in [2.75, 3.05) is 5.32 Å². The van der Waals surface area contributed by atoms with Gasteiger partial charge in [-0.1, -0.05) is 38.0 Å². The average Bonchev–Trinajstić information content (AvgIpc) is 2.71. The first-order valence-electron chi connectivity index (χ1n) is 8.37. The summed E-state index contributed by atoms with van der Waals surface area (Å²) in [5, 5.41) is 6.68. The van der Waals surface area contributed by atoms with Crippen molar-refractivity contribution in [3.63, 3.8) is 0 Å². The molecule has 2 N–H and O–H groups in total. The molecule has 3 nitrogen and oxygen atoms in total. The van der Waals surface area contributed by atoms with E-state index in [1.165, 1.54) is 24.8 Å². The topological polar surface area (TPSA) is 41.1 Å². The molecule has 1 amide bonds. The predicted molar refractivity (Wildman–Crippen MR) is 86.4 cm³/mol. The van der Waals surface area contributed by atoms with Crippen molar-refractivity contribution in [2.45, 2.75) is 64.0 Å². The van der Waals surface area contributed by atoms with Gasteiger partial charge in [-0.25, -0.2) is 0 Å². The third-order valence-corrected chi connectivity index (χ3v) is 4.97. The molecule has 1 heterocycles. The minimum atomic E-state index is -0.0689. The number of aryl methyl sites for hydroxylation is 1. The van der Waals surface area contributed by atoms with Gasteiger partial charge in [0.05, 0.1) is 0 Å². The van der Waals surface area contributed by atoms with Crippen LogP contribution in [0.5, 0.6) is 0 Å². The first kappa shape index (κ1) is 14.4. The molecule has 1 aromatic carbocycles. The molecule has 3 rings (SSSR count). The smallest absolute Gasteiger partial charge is 0.242 e. The van der Waals surface area contributed by atoms with E-state index in [9.17, 15) is 4.79 Å². The van der Waals surface area contributed by atoms with E-state index < -0.39 is 0 Å². The number of nitrogens with one attached hydrogen (secondary N) is 2. The maximum absolute atomic E-state index is 12.5. The van der Waals surface area contributed by atoms with Crippen LogP contribution in [-0.2, 0) is 11.2 Å². The lowest BCUT2D eigenvalue weighted by Gasteiger charge is -2.28. The Morgan fingerprint density at radius 2 is 2.00 bits per heavy atom. The highest BCUT2D eigenvalue weighted by Crippen LogP contribution is 2.25. The lowest BCUT2D eigenvalue weighted by molar-refractivity contribution is -0.122. The molecule has 3 atom stereocenters. The standard InChI is InChI=1S/C18H26N2O/c1-13-5-4-7-15(11-9-13)19-18(21)17-12-10-14-6-2-3-8-16(14)20-17/h2-3,6,8,13,15,17,20H,4-5,7,9-12H2,1H3,(H,19,21). The van der Waals surface area contributed by atoms with Gasteiger partial charge >= 0.3 is 0 Å². The summed E-state index contributed by atoms with van der Waals surface area (Å²) in [6.45, 7) is 2.32. The zero-order chi connectivity index (χ0) is 14.7. The number of carbonyl (C=O) groups excluding carboxylic acids is 1. The van der Waals surface area contributed by atoms with Crippen LogP contribution >= 0.6 is 0 Å². The molecule has 2 aliphatic rings. The highest BCUT2D eigenvalue weighted by molar-refractivity contribution is 5.85. The number of benzene rings is 1. The lowest BCUT2D eigenvalue weighted by atomic mass is 9.97. The summed E-state index contributed by atoms with van der Waals surface area (Å²) in [7, 11) is 0. The van der Waals surface area contributed by atoms with Crippen molar-refractivity contribution >= 4 is 11.6 Å². The largest absolute Gasteiger partial charge is 0.373 e. The first-order valence-corrected chi connectivity index (χ1v) is 8.37. The second-order valence-electron chi connectivity index (χ2n) is 6.71. The van der Waals surface area contributed by atoms with Crippen LogP contribution in [0.15, 0.2) is 24.3 Å². The molecule has 3 heteroatoms. The second kappa shape index (κ2) is 6.50. The van der Waals surface area contributed by atoms with Crippen molar-refractivity contribution in [1.82, 2.24) is 5.32 Å². The first-order chi connectivity index (χ1) is 10.2. The minimum absolute atomic E-state index is 0.0689. The molecule has 3 unspecified atom stereocenters. The number of carbonyl (C=O) groups is 1. The van der Waals surface area contributed by atoms with Crippen LogP contribution < -0.4 is 10.6 Å². The Morgan fingerprint density at radius 3 is 2.90 bits per heavy atom. The maximum Gasteiger partial charge on any atom is 0.242 e.